The zero-order chi connectivity index (χ0) is 15.0. The van der Waals surface area contributed by atoms with Gasteiger partial charge in [0.15, 0.2) is 5.78 Å². The van der Waals surface area contributed by atoms with Crippen LogP contribution in [-0.4, -0.2) is 16.5 Å². The van der Waals surface area contributed by atoms with Crippen molar-refractivity contribution in [2.24, 2.45) is 0 Å². The van der Waals surface area contributed by atoms with Crippen molar-refractivity contribution < 1.29 is 9.53 Å². The molecule has 21 heavy (non-hydrogen) atoms. The van der Waals surface area contributed by atoms with E-state index in [1.54, 1.807) is 0 Å². The van der Waals surface area contributed by atoms with Crippen LogP contribution < -0.4 is 4.74 Å². The number of carbonyl (C=O) groups is 1. The molecule has 1 heterocycles. The molecule has 0 bridgehead atoms. The highest BCUT2D eigenvalue weighted by molar-refractivity contribution is 5.98. The minimum absolute atomic E-state index is 0.176. The molecule has 3 nitrogen and oxygen atoms in total. The summed E-state index contributed by atoms with van der Waals surface area (Å²) in [6, 6.07) is 10.1. The SMILES string of the molecule is Cc1cc2c(n1-c1ccc(OC(C)C)cc1)CCCC2=O. The van der Waals surface area contributed by atoms with Crippen LogP contribution in [0.25, 0.3) is 5.69 Å². The molecule has 0 unspecified atom stereocenters. The lowest BCUT2D eigenvalue weighted by Gasteiger charge is -2.17. The van der Waals surface area contributed by atoms with Crippen molar-refractivity contribution in [2.75, 3.05) is 0 Å². The third-order valence-corrected chi connectivity index (χ3v) is 3.87. The van der Waals surface area contributed by atoms with Crippen molar-refractivity contribution in [3.63, 3.8) is 0 Å². The van der Waals surface area contributed by atoms with E-state index in [1.807, 2.05) is 32.0 Å². The van der Waals surface area contributed by atoms with Gasteiger partial charge in [0.25, 0.3) is 0 Å². The van der Waals surface area contributed by atoms with Crippen LogP contribution in [0, 0.1) is 6.92 Å². The number of hydrogen-bond donors (Lipinski definition) is 0. The first-order valence-corrected chi connectivity index (χ1v) is 7.58. The molecular formula is C18H21NO2. The molecule has 1 aromatic carbocycles. The Morgan fingerprint density at radius 2 is 1.86 bits per heavy atom. The van der Waals surface area contributed by atoms with Crippen molar-refractivity contribution in [1.29, 1.82) is 0 Å². The highest BCUT2D eigenvalue weighted by Crippen LogP contribution is 2.28. The summed E-state index contributed by atoms with van der Waals surface area (Å²) in [6.45, 7) is 6.10. The molecule has 110 valence electrons. The lowest BCUT2D eigenvalue weighted by atomic mass is 9.96. The van der Waals surface area contributed by atoms with Gasteiger partial charge in [-0.1, -0.05) is 0 Å². The number of aromatic nitrogens is 1. The minimum Gasteiger partial charge on any atom is -0.491 e. The number of benzene rings is 1. The second kappa shape index (κ2) is 5.40. The van der Waals surface area contributed by atoms with Crippen LogP contribution in [0.15, 0.2) is 30.3 Å². The largest absolute Gasteiger partial charge is 0.491 e. The van der Waals surface area contributed by atoms with Crippen LogP contribution in [0.5, 0.6) is 5.75 Å². The Kier molecular flexibility index (Phi) is 3.58. The molecule has 2 aromatic rings. The molecule has 0 atom stereocenters. The van der Waals surface area contributed by atoms with Gasteiger partial charge in [-0.3, -0.25) is 4.79 Å². The van der Waals surface area contributed by atoms with E-state index in [1.165, 1.54) is 0 Å². The van der Waals surface area contributed by atoms with Crippen molar-refractivity contribution in [1.82, 2.24) is 4.57 Å². The number of ketones is 1. The van der Waals surface area contributed by atoms with E-state index in [9.17, 15) is 4.79 Å². The standard InChI is InChI=1S/C18H21NO2/c1-12(2)21-15-9-7-14(8-10-15)19-13(3)11-16-17(19)5-4-6-18(16)20/h7-12H,4-6H2,1-3H3. The van der Waals surface area contributed by atoms with E-state index >= 15 is 0 Å². The summed E-state index contributed by atoms with van der Waals surface area (Å²) in [5.41, 5.74) is 4.27. The smallest absolute Gasteiger partial charge is 0.164 e. The summed E-state index contributed by atoms with van der Waals surface area (Å²) in [5, 5.41) is 0. The molecule has 0 aliphatic heterocycles. The van der Waals surface area contributed by atoms with Gasteiger partial charge in [0.05, 0.1) is 6.10 Å². The monoisotopic (exact) mass is 283 g/mol. The number of Topliss-reactive ketones (excluding diaryl/α,β-unsaturated/α-hetero) is 1. The molecule has 0 N–H and O–H groups in total. The number of carbonyl (C=O) groups excluding carboxylic acids is 1. The highest BCUT2D eigenvalue weighted by atomic mass is 16.5. The van der Waals surface area contributed by atoms with Crippen LogP contribution in [0.1, 0.15) is 48.4 Å². The highest BCUT2D eigenvalue weighted by Gasteiger charge is 2.23. The minimum atomic E-state index is 0.176. The third-order valence-electron chi connectivity index (χ3n) is 3.87. The van der Waals surface area contributed by atoms with E-state index in [-0.39, 0.29) is 11.9 Å². The van der Waals surface area contributed by atoms with Gasteiger partial charge in [-0.2, -0.15) is 0 Å². The third kappa shape index (κ3) is 2.60. The Labute approximate surface area is 125 Å². The number of aryl methyl sites for hydroxylation is 1. The molecule has 1 aromatic heterocycles. The maximum Gasteiger partial charge on any atom is 0.164 e. The zero-order valence-corrected chi connectivity index (χ0v) is 12.8. The molecule has 0 saturated heterocycles. The summed E-state index contributed by atoms with van der Waals surface area (Å²) < 4.78 is 7.88. The fourth-order valence-corrected chi connectivity index (χ4v) is 3.03. The average Bonchev–Trinajstić information content (AvgIpc) is 2.77. The van der Waals surface area contributed by atoms with Crippen molar-refractivity contribution in [3.8, 4) is 11.4 Å². The Bertz CT molecular complexity index is 665. The molecule has 0 amide bonds. The summed E-state index contributed by atoms with van der Waals surface area (Å²) >= 11 is 0. The van der Waals surface area contributed by atoms with Crippen LogP contribution in [0.2, 0.25) is 0 Å². The molecule has 1 aliphatic rings. The Morgan fingerprint density at radius 1 is 1.14 bits per heavy atom. The summed E-state index contributed by atoms with van der Waals surface area (Å²) in [7, 11) is 0. The van der Waals surface area contributed by atoms with Crippen LogP contribution in [0.3, 0.4) is 0 Å². The first-order chi connectivity index (χ1) is 10.1. The second-order valence-corrected chi connectivity index (χ2v) is 5.92. The zero-order valence-electron chi connectivity index (χ0n) is 12.8. The first kappa shape index (κ1) is 13.9. The normalized spacial score (nSPS) is 14.4. The van der Waals surface area contributed by atoms with Crippen LogP contribution >= 0.6 is 0 Å². The molecule has 3 rings (SSSR count). The maximum atomic E-state index is 12.0. The number of nitrogens with zero attached hydrogens (tertiary/aromatic N) is 1. The molecule has 0 saturated carbocycles. The number of fused-ring (bicyclic) bond motifs is 1. The van der Waals surface area contributed by atoms with Crippen LogP contribution in [-0.2, 0) is 6.42 Å². The van der Waals surface area contributed by atoms with Gasteiger partial charge in [0, 0.05) is 29.1 Å². The van der Waals surface area contributed by atoms with Crippen molar-refractivity contribution in [2.45, 2.75) is 46.1 Å². The average molecular weight is 283 g/mol. The predicted octanol–water partition coefficient (Wildman–Crippen LogP) is 4.09. The molecule has 0 fully saturated rings. The Hall–Kier alpha value is -2.03. The number of ether oxygens (including phenoxy) is 1. The summed E-state index contributed by atoms with van der Waals surface area (Å²) in [4.78, 5) is 12.0. The topological polar surface area (TPSA) is 31.2 Å². The van der Waals surface area contributed by atoms with Crippen molar-refractivity contribution >= 4 is 5.78 Å². The van der Waals surface area contributed by atoms with Gasteiger partial charge < -0.3 is 9.30 Å². The molecular weight excluding hydrogens is 262 g/mol. The van der Waals surface area contributed by atoms with Gasteiger partial charge >= 0.3 is 0 Å². The second-order valence-electron chi connectivity index (χ2n) is 5.92. The number of rotatable bonds is 3. The van der Waals surface area contributed by atoms with Gasteiger partial charge in [-0.15, -0.1) is 0 Å². The lowest BCUT2D eigenvalue weighted by molar-refractivity contribution is 0.0972. The fraction of sp³-hybridized carbons (Fsp3) is 0.389. The molecule has 3 heteroatoms. The van der Waals surface area contributed by atoms with Gasteiger partial charge in [-0.25, -0.2) is 0 Å². The van der Waals surface area contributed by atoms with E-state index < -0.39 is 0 Å². The first-order valence-electron chi connectivity index (χ1n) is 7.58. The Balaban J connectivity index is 1.99. The molecule has 0 radical (unpaired) electrons. The van der Waals surface area contributed by atoms with Gasteiger partial charge in [0.2, 0.25) is 0 Å². The number of hydrogen-bond acceptors (Lipinski definition) is 2. The molecule has 1 aliphatic carbocycles. The summed E-state index contributed by atoms with van der Waals surface area (Å²) in [6.07, 6.45) is 2.77. The van der Waals surface area contributed by atoms with Crippen LogP contribution in [0.4, 0.5) is 0 Å². The summed E-state index contributed by atoms with van der Waals surface area (Å²) in [5.74, 6) is 1.15. The quantitative estimate of drug-likeness (QED) is 0.849. The Morgan fingerprint density at radius 3 is 2.52 bits per heavy atom. The van der Waals surface area contributed by atoms with E-state index in [4.69, 9.17) is 4.74 Å². The van der Waals surface area contributed by atoms with E-state index in [2.05, 4.69) is 23.6 Å². The lowest BCUT2D eigenvalue weighted by Crippen LogP contribution is -2.12. The molecule has 0 spiro atoms. The van der Waals surface area contributed by atoms with Gasteiger partial charge in [0.1, 0.15) is 5.75 Å². The van der Waals surface area contributed by atoms with E-state index in [0.29, 0.717) is 6.42 Å². The van der Waals surface area contributed by atoms with Crippen molar-refractivity contribution in [3.05, 3.63) is 47.3 Å². The predicted molar refractivity (Wildman–Crippen MR) is 83.5 cm³/mol. The van der Waals surface area contributed by atoms with E-state index in [0.717, 1.165) is 41.2 Å². The maximum absolute atomic E-state index is 12.0. The fourth-order valence-electron chi connectivity index (χ4n) is 3.03. The van der Waals surface area contributed by atoms with Gasteiger partial charge in [-0.05, 0) is 63.9 Å².